The summed E-state index contributed by atoms with van der Waals surface area (Å²) in [6.07, 6.45) is 17.7. The van der Waals surface area contributed by atoms with E-state index in [1.54, 1.807) is 18.2 Å². The quantitative estimate of drug-likeness (QED) is 0.0621. The molecule has 4 saturated heterocycles. The highest BCUT2D eigenvalue weighted by atomic mass is 32.2. The molecule has 3 unspecified atom stereocenters. The van der Waals surface area contributed by atoms with E-state index >= 15 is 0 Å². The molecule has 2 aromatic heterocycles. The lowest BCUT2D eigenvalue weighted by atomic mass is 9.87. The number of unbranched alkanes of at least 4 members (excludes halogenated alkanes) is 5. The van der Waals surface area contributed by atoms with E-state index in [2.05, 4.69) is 52.8 Å². The van der Waals surface area contributed by atoms with E-state index in [4.69, 9.17) is 5.73 Å². The maximum absolute atomic E-state index is 13.1. The third kappa shape index (κ3) is 11.6. The molecular weight excluding hydrogens is 879 g/mol. The van der Waals surface area contributed by atoms with Crippen LogP contribution in [0.25, 0.3) is 0 Å². The van der Waals surface area contributed by atoms with Crippen LogP contribution in [0.15, 0.2) is 76.9 Å². The molecule has 5 aliphatic heterocycles. The molecular formula is C51H63N11O5S. The number of nitrogens with two attached hydrogens (primary N) is 1. The number of nitrogens with one attached hydrogen (secondary N) is 3. The minimum atomic E-state index is -0.669. The molecule has 0 spiro atoms. The highest BCUT2D eigenvalue weighted by Gasteiger charge is 2.42. The van der Waals surface area contributed by atoms with Crippen molar-refractivity contribution >= 4 is 52.8 Å². The van der Waals surface area contributed by atoms with E-state index in [0.29, 0.717) is 36.4 Å². The van der Waals surface area contributed by atoms with Crippen molar-refractivity contribution in [3.8, 4) is 0 Å². The molecule has 7 heterocycles. The minimum absolute atomic E-state index is 0.0465. The fraction of sp³-hybridized carbons (Fsp3) is 0.510. The van der Waals surface area contributed by atoms with Crippen LogP contribution in [0.1, 0.15) is 147 Å². The lowest BCUT2D eigenvalue weighted by molar-refractivity contribution is -0.137. The van der Waals surface area contributed by atoms with Gasteiger partial charge in [0.1, 0.15) is 16.9 Å². The van der Waals surface area contributed by atoms with Crippen molar-refractivity contribution in [3.63, 3.8) is 0 Å². The number of aromatic nitrogens is 4. The predicted octanol–water partition coefficient (Wildman–Crippen LogP) is 6.51. The van der Waals surface area contributed by atoms with Gasteiger partial charge >= 0.3 is 0 Å². The van der Waals surface area contributed by atoms with Gasteiger partial charge in [-0.1, -0.05) is 55.6 Å². The van der Waals surface area contributed by atoms with Crippen molar-refractivity contribution in [1.29, 1.82) is 0 Å². The van der Waals surface area contributed by atoms with Gasteiger partial charge in [0.25, 0.3) is 11.8 Å². The molecule has 5 amide bonds. The summed E-state index contributed by atoms with van der Waals surface area (Å²) < 4.78 is 0. The van der Waals surface area contributed by atoms with Gasteiger partial charge in [-0.05, 0) is 119 Å². The monoisotopic (exact) mass is 941 g/mol. The number of anilines is 2. The van der Waals surface area contributed by atoms with Crippen molar-refractivity contribution in [1.82, 2.24) is 40.6 Å². The Labute approximate surface area is 402 Å². The van der Waals surface area contributed by atoms with Gasteiger partial charge in [0.15, 0.2) is 5.69 Å². The van der Waals surface area contributed by atoms with Crippen LogP contribution in [0.3, 0.4) is 0 Å². The van der Waals surface area contributed by atoms with Crippen LogP contribution in [-0.4, -0.2) is 103 Å². The molecule has 16 nitrogen and oxygen atoms in total. The first kappa shape index (κ1) is 47.3. The highest BCUT2D eigenvalue weighted by molar-refractivity contribution is 7.99. The third-order valence-electron chi connectivity index (χ3n) is 14.5. The first-order valence-electron chi connectivity index (χ1n) is 24.5. The number of amides is 5. The number of hydrogen-bond acceptors (Lipinski definition) is 13. The summed E-state index contributed by atoms with van der Waals surface area (Å²) in [7, 11) is 0. The summed E-state index contributed by atoms with van der Waals surface area (Å²) in [5, 5.41) is 18.0. The van der Waals surface area contributed by atoms with Crippen molar-refractivity contribution in [2.24, 2.45) is 5.73 Å². The van der Waals surface area contributed by atoms with Gasteiger partial charge in [0.05, 0.1) is 18.1 Å². The maximum atomic E-state index is 13.1. The largest absolute Gasteiger partial charge is 0.355 e. The average molecular weight is 942 g/mol. The zero-order valence-corrected chi connectivity index (χ0v) is 39.8. The smallest absolute Gasteiger partial charge is 0.272 e. The number of carbonyl (C=O) groups excluding carboxylic acids is 5. The normalized spacial score (nSPS) is 22.2. The van der Waals surface area contributed by atoms with Gasteiger partial charge in [-0.15, -0.1) is 5.10 Å². The standard InChI is InChI=1S/C51H63N11O5S/c1-51(52)20-23-60(24-21-51)44-30-54-47(31-53-44)68-39-10-8-9-36(28-39)56-45(63)11-6-4-2-3-5-7-22-61-37-13-14-38(61)27-34(26-37)41-16-17-42(59-58-41)48(65)55-29-33-12-15-40-35(25-33)32-62(50(40)67)43-18-19-46(64)57-49(43)66/h8-10,12,15-17,25,28,30-31,34,37-38,43H,2-7,11,13-14,18-24,26-27,29,32,52H2,1H3,(H,55,65)(H,56,63)(H,57,64,66). The van der Waals surface area contributed by atoms with Crippen LogP contribution >= 0.6 is 11.8 Å². The number of rotatable bonds is 18. The number of imide groups is 1. The minimum Gasteiger partial charge on any atom is -0.355 e. The Morgan fingerprint density at radius 3 is 2.40 bits per heavy atom. The molecule has 3 atom stereocenters. The number of hydrogen-bond donors (Lipinski definition) is 4. The number of fused-ring (bicyclic) bond motifs is 3. The van der Waals surface area contributed by atoms with Gasteiger partial charge in [0, 0.05) is 78.7 Å². The van der Waals surface area contributed by atoms with Crippen LogP contribution < -0.4 is 26.6 Å². The molecule has 4 aromatic rings. The average Bonchev–Trinajstić information content (AvgIpc) is 3.77. The summed E-state index contributed by atoms with van der Waals surface area (Å²) in [6.45, 7) is 5.53. The molecule has 68 heavy (non-hydrogen) atoms. The molecule has 17 heteroatoms. The van der Waals surface area contributed by atoms with Crippen molar-refractivity contribution in [3.05, 3.63) is 95.1 Å². The van der Waals surface area contributed by atoms with Crippen molar-refractivity contribution in [2.75, 3.05) is 29.9 Å². The van der Waals surface area contributed by atoms with Gasteiger partial charge in [0.2, 0.25) is 17.7 Å². The lowest BCUT2D eigenvalue weighted by Crippen LogP contribution is -2.52. The second-order valence-corrected chi connectivity index (χ2v) is 20.7. The zero-order valence-electron chi connectivity index (χ0n) is 39.0. The molecule has 4 fully saturated rings. The fourth-order valence-corrected chi connectivity index (χ4v) is 11.4. The van der Waals surface area contributed by atoms with Crippen molar-refractivity contribution < 1.29 is 24.0 Å². The van der Waals surface area contributed by atoms with E-state index < -0.39 is 11.9 Å². The van der Waals surface area contributed by atoms with Gasteiger partial charge in [-0.3, -0.25) is 34.2 Å². The molecule has 5 aliphatic rings. The highest BCUT2D eigenvalue weighted by Crippen LogP contribution is 2.42. The number of benzene rings is 2. The van der Waals surface area contributed by atoms with Crippen molar-refractivity contribution in [2.45, 2.75) is 156 Å². The number of nitrogens with zero attached hydrogens (tertiary/aromatic N) is 7. The Morgan fingerprint density at radius 1 is 0.882 bits per heavy atom. The summed E-state index contributed by atoms with van der Waals surface area (Å²) >= 11 is 1.53. The zero-order chi connectivity index (χ0) is 47.2. The molecule has 2 bridgehead atoms. The summed E-state index contributed by atoms with van der Waals surface area (Å²) in [5.74, 6) is -0.0442. The third-order valence-corrected chi connectivity index (χ3v) is 15.4. The maximum Gasteiger partial charge on any atom is 0.272 e. The summed E-state index contributed by atoms with van der Waals surface area (Å²) in [6, 6.07) is 17.5. The van der Waals surface area contributed by atoms with Gasteiger partial charge in [-0.25, -0.2) is 9.97 Å². The second-order valence-electron chi connectivity index (χ2n) is 19.6. The summed E-state index contributed by atoms with van der Waals surface area (Å²) in [4.78, 5) is 79.7. The van der Waals surface area contributed by atoms with Gasteiger partial charge in [-0.2, -0.15) is 5.10 Å². The Bertz CT molecular complexity index is 2460. The van der Waals surface area contributed by atoms with Crippen LogP contribution in [0.2, 0.25) is 0 Å². The van der Waals surface area contributed by atoms with Gasteiger partial charge < -0.3 is 26.2 Å². The van der Waals surface area contributed by atoms with E-state index in [1.807, 2.05) is 48.8 Å². The topological polar surface area (TPSA) is 209 Å². The Hall–Kier alpha value is -5.78. The van der Waals surface area contributed by atoms with E-state index in [1.165, 1.54) is 48.8 Å². The number of piperidine rings is 3. The predicted molar refractivity (Wildman–Crippen MR) is 259 cm³/mol. The molecule has 0 radical (unpaired) electrons. The molecule has 5 N–H and O–H groups in total. The van der Waals surface area contributed by atoms with Crippen LogP contribution in [0.5, 0.6) is 0 Å². The molecule has 0 saturated carbocycles. The van der Waals surface area contributed by atoms with Crippen LogP contribution in [0.4, 0.5) is 11.5 Å². The summed E-state index contributed by atoms with van der Waals surface area (Å²) in [5.41, 5.74) is 10.3. The first-order chi connectivity index (χ1) is 32.9. The van der Waals surface area contributed by atoms with E-state index in [0.717, 1.165) is 103 Å². The Kier molecular flexibility index (Phi) is 14.8. The molecule has 358 valence electrons. The first-order valence-corrected chi connectivity index (χ1v) is 25.3. The second kappa shape index (κ2) is 21.2. The molecule has 9 rings (SSSR count). The van der Waals surface area contributed by atoms with Crippen LogP contribution in [0, 0.1) is 0 Å². The number of carbonyl (C=O) groups is 5. The van der Waals surface area contributed by atoms with E-state index in [9.17, 15) is 24.0 Å². The van der Waals surface area contributed by atoms with E-state index in [-0.39, 0.29) is 54.4 Å². The molecule has 0 aliphatic carbocycles. The fourth-order valence-electron chi connectivity index (χ4n) is 10.6. The van der Waals surface area contributed by atoms with Crippen LogP contribution in [-0.2, 0) is 27.5 Å². The SMILES string of the molecule is CC1(N)CCN(c2cnc(Sc3cccc(NC(=O)CCCCCCCCN4C5CCC4CC(c4ccc(C(=O)NCc6ccc7c(c6)CN(C6CCC(=O)NC6=O)C7=O)nn4)C5)c3)cn2)CC1. The lowest BCUT2D eigenvalue weighted by Gasteiger charge is -2.38. The Morgan fingerprint density at radius 2 is 1.66 bits per heavy atom. The Balaban J connectivity index is 0.635. The molecule has 2 aromatic carbocycles.